The van der Waals surface area contributed by atoms with Gasteiger partial charge in [0.2, 0.25) is 11.6 Å². The number of aromatic nitrogens is 1. The first-order chi connectivity index (χ1) is 20.5. The molecule has 1 aromatic heterocycles. The van der Waals surface area contributed by atoms with Crippen molar-refractivity contribution in [2.75, 3.05) is 21.3 Å². The average molecular weight is 578 g/mol. The van der Waals surface area contributed by atoms with Gasteiger partial charge in [0.15, 0.2) is 17.3 Å². The van der Waals surface area contributed by atoms with Crippen LogP contribution in [-0.2, 0) is 5.41 Å². The summed E-state index contributed by atoms with van der Waals surface area (Å²) in [6.07, 6.45) is 3.29. The molecule has 0 aliphatic carbocycles. The van der Waals surface area contributed by atoms with Crippen LogP contribution in [0.5, 0.6) is 23.0 Å². The third-order valence-electron chi connectivity index (χ3n) is 7.75. The molecule has 1 aliphatic rings. The first-order valence-corrected chi connectivity index (χ1v) is 13.9. The first kappa shape index (κ1) is 29.3. The minimum Gasteiger partial charge on any atom is -0.493 e. The number of aromatic amines is 1. The van der Waals surface area contributed by atoms with E-state index in [1.165, 1.54) is 27.4 Å². The smallest absolute Gasteiger partial charge is 0.205 e. The van der Waals surface area contributed by atoms with E-state index in [1.54, 1.807) is 18.2 Å². The number of nitrogens with one attached hydrogen (secondary N) is 1. The summed E-state index contributed by atoms with van der Waals surface area (Å²) in [4.78, 5) is 16.8. The van der Waals surface area contributed by atoms with E-state index in [0.29, 0.717) is 34.1 Å². The summed E-state index contributed by atoms with van der Waals surface area (Å²) in [7, 11) is 4.53. The Bertz CT molecular complexity index is 1820. The Hall–Kier alpha value is -5.16. The van der Waals surface area contributed by atoms with Gasteiger partial charge in [0.05, 0.1) is 27.2 Å². The number of methoxy groups -OCH3 is 3. The number of ketones is 1. The molecular formula is C35H35N3O5. The maximum Gasteiger partial charge on any atom is 0.205 e. The SMILES string of the molecule is COc1cc(C(=O)/C=C/c2cc3c(c(C(C)(C)C)c2)OC(N)=C(C#N)C3c2c(C)[nH]c3ccccc23)cc(OC)c1OC. The lowest BCUT2D eigenvalue weighted by atomic mass is 9.77. The second-order valence-electron chi connectivity index (χ2n) is 11.5. The number of carbonyl (C=O) groups is 1. The Morgan fingerprint density at radius 3 is 2.33 bits per heavy atom. The lowest BCUT2D eigenvalue weighted by Gasteiger charge is -2.32. The Labute approximate surface area is 251 Å². The molecule has 43 heavy (non-hydrogen) atoms. The van der Waals surface area contributed by atoms with Crippen molar-refractivity contribution in [3.8, 4) is 29.1 Å². The van der Waals surface area contributed by atoms with Crippen molar-refractivity contribution in [3.05, 3.63) is 99.6 Å². The van der Waals surface area contributed by atoms with Crippen molar-refractivity contribution in [3.63, 3.8) is 0 Å². The predicted molar refractivity (Wildman–Crippen MR) is 167 cm³/mol. The van der Waals surface area contributed by atoms with Crippen LogP contribution in [0.3, 0.4) is 0 Å². The summed E-state index contributed by atoms with van der Waals surface area (Å²) in [6.45, 7) is 8.27. The fourth-order valence-electron chi connectivity index (χ4n) is 5.70. The molecule has 0 bridgehead atoms. The number of hydrogen-bond donors (Lipinski definition) is 2. The fourth-order valence-corrected chi connectivity index (χ4v) is 5.70. The molecular weight excluding hydrogens is 542 g/mol. The van der Waals surface area contributed by atoms with Crippen LogP contribution in [0.25, 0.3) is 17.0 Å². The Morgan fingerprint density at radius 2 is 1.72 bits per heavy atom. The summed E-state index contributed by atoms with van der Waals surface area (Å²) in [6, 6.07) is 17.5. The molecule has 3 N–H and O–H groups in total. The van der Waals surface area contributed by atoms with Gasteiger partial charge in [0.1, 0.15) is 17.4 Å². The normalized spacial score (nSPS) is 14.8. The van der Waals surface area contributed by atoms with Gasteiger partial charge in [-0.25, -0.2) is 0 Å². The summed E-state index contributed by atoms with van der Waals surface area (Å²) in [5.41, 5.74) is 12.2. The van der Waals surface area contributed by atoms with Gasteiger partial charge in [-0.1, -0.05) is 45.0 Å². The molecule has 0 amide bonds. The Morgan fingerprint density at radius 1 is 1.05 bits per heavy atom. The summed E-state index contributed by atoms with van der Waals surface area (Å²) < 4.78 is 22.4. The molecule has 0 radical (unpaired) electrons. The quantitative estimate of drug-likeness (QED) is 0.181. The number of aryl methyl sites for hydroxylation is 1. The fraction of sp³-hybridized carbons (Fsp3) is 0.257. The monoisotopic (exact) mass is 577 g/mol. The molecule has 8 heteroatoms. The number of fused-ring (bicyclic) bond motifs is 2. The molecule has 3 aromatic carbocycles. The predicted octanol–water partition coefficient (Wildman–Crippen LogP) is 6.91. The summed E-state index contributed by atoms with van der Waals surface area (Å²) in [5, 5.41) is 11.3. The highest BCUT2D eigenvalue weighted by atomic mass is 16.5. The molecule has 0 saturated heterocycles. The van der Waals surface area contributed by atoms with E-state index in [1.807, 2.05) is 43.3 Å². The molecule has 2 heterocycles. The van der Waals surface area contributed by atoms with Gasteiger partial charge in [-0.15, -0.1) is 0 Å². The Balaban J connectivity index is 1.67. The molecule has 0 saturated carbocycles. The van der Waals surface area contributed by atoms with Crippen LogP contribution in [0.15, 0.2) is 66.1 Å². The highest BCUT2D eigenvalue weighted by Gasteiger charge is 2.36. The van der Waals surface area contributed by atoms with Crippen LogP contribution >= 0.6 is 0 Å². The zero-order chi connectivity index (χ0) is 31.1. The maximum absolute atomic E-state index is 13.4. The van der Waals surface area contributed by atoms with Gasteiger partial charge in [0, 0.05) is 33.3 Å². The summed E-state index contributed by atoms with van der Waals surface area (Å²) >= 11 is 0. The lowest BCUT2D eigenvalue weighted by molar-refractivity contribution is 0.104. The molecule has 220 valence electrons. The number of ether oxygens (including phenoxy) is 4. The maximum atomic E-state index is 13.4. The molecule has 0 fully saturated rings. The number of rotatable bonds is 7. The van der Waals surface area contributed by atoms with Gasteiger partial charge in [-0.3, -0.25) is 4.79 Å². The molecule has 5 rings (SSSR count). The number of carbonyl (C=O) groups excluding carboxylic acids is 1. The van der Waals surface area contributed by atoms with Crippen LogP contribution in [0.1, 0.15) is 65.0 Å². The van der Waals surface area contributed by atoms with Gasteiger partial charge in [-0.05, 0) is 59.9 Å². The van der Waals surface area contributed by atoms with Crippen molar-refractivity contribution in [2.24, 2.45) is 5.73 Å². The van der Waals surface area contributed by atoms with Gasteiger partial charge in [-0.2, -0.15) is 5.26 Å². The number of nitrogens with zero attached hydrogens (tertiary/aromatic N) is 1. The molecule has 4 aromatic rings. The van der Waals surface area contributed by atoms with Gasteiger partial charge >= 0.3 is 0 Å². The van der Waals surface area contributed by atoms with E-state index in [4.69, 9.17) is 24.7 Å². The van der Waals surface area contributed by atoms with Crippen molar-refractivity contribution in [2.45, 2.75) is 39.0 Å². The van der Waals surface area contributed by atoms with Crippen LogP contribution in [0, 0.1) is 18.3 Å². The van der Waals surface area contributed by atoms with E-state index in [9.17, 15) is 10.1 Å². The van der Waals surface area contributed by atoms with Gasteiger partial charge < -0.3 is 29.7 Å². The lowest BCUT2D eigenvalue weighted by Crippen LogP contribution is -2.25. The van der Waals surface area contributed by atoms with E-state index >= 15 is 0 Å². The molecule has 0 spiro atoms. The number of nitrogens with two attached hydrogens (primary N) is 1. The molecule has 8 nitrogen and oxygen atoms in total. The van der Waals surface area contributed by atoms with E-state index in [2.05, 4.69) is 31.8 Å². The first-order valence-electron chi connectivity index (χ1n) is 13.9. The molecule has 1 unspecified atom stereocenters. The van der Waals surface area contributed by atoms with E-state index in [0.717, 1.165) is 38.9 Å². The zero-order valence-corrected chi connectivity index (χ0v) is 25.4. The minimum atomic E-state index is -0.467. The van der Waals surface area contributed by atoms with E-state index in [-0.39, 0.29) is 17.1 Å². The zero-order valence-electron chi connectivity index (χ0n) is 25.4. The number of H-pyrrole nitrogens is 1. The van der Waals surface area contributed by atoms with Crippen molar-refractivity contribution < 1.29 is 23.7 Å². The highest BCUT2D eigenvalue weighted by molar-refractivity contribution is 6.07. The Kier molecular flexibility index (Phi) is 7.68. The van der Waals surface area contributed by atoms with Gasteiger partial charge in [0.25, 0.3) is 0 Å². The third kappa shape index (κ3) is 5.19. The number of allylic oxidation sites excluding steroid dienone is 2. The number of nitriles is 1. The van der Waals surface area contributed by atoms with Crippen molar-refractivity contribution >= 4 is 22.8 Å². The van der Waals surface area contributed by atoms with Crippen LogP contribution in [0.2, 0.25) is 0 Å². The molecule has 1 atom stereocenters. The number of hydrogen-bond acceptors (Lipinski definition) is 7. The van der Waals surface area contributed by atoms with Crippen LogP contribution in [-0.4, -0.2) is 32.1 Å². The van der Waals surface area contributed by atoms with Crippen LogP contribution < -0.4 is 24.7 Å². The van der Waals surface area contributed by atoms with Crippen LogP contribution in [0.4, 0.5) is 0 Å². The van der Waals surface area contributed by atoms with Crippen molar-refractivity contribution in [1.29, 1.82) is 5.26 Å². The summed E-state index contributed by atoms with van der Waals surface area (Å²) in [5.74, 6) is 1.22. The standard InChI is InChI=1S/C35H35N3O5/c1-19-30(22-10-8-9-11-26(22)38-19)31-23-14-20(15-25(35(2,3)4)32(23)43-34(37)24(31)18-36)12-13-27(39)21-16-28(40-5)33(42-7)29(17-21)41-6/h8-17,31,38H,37H2,1-7H3/b13-12+. The highest BCUT2D eigenvalue weighted by Crippen LogP contribution is 2.49. The second kappa shape index (κ2) is 11.3. The topological polar surface area (TPSA) is 120 Å². The van der Waals surface area contributed by atoms with Crippen molar-refractivity contribution in [1.82, 2.24) is 4.98 Å². The molecule has 1 aliphatic heterocycles. The van der Waals surface area contributed by atoms with E-state index < -0.39 is 5.92 Å². The average Bonchev–Trinajstić information content (AvgIpc) is 3.32. The number of para-hydroxylation sites is 1. The minimum absolute atomic E-state index is 0.0936. The second-order valence-corrected chi connectivity index (χ2v) is 11.5. The largest absolute Gasteiger partial charge is 0.493 e. The number of benzene rings is 3. The third-order valence-corrected chi connectivity index (χ3v) is 7.75.